The Bertz CT molecular complexity index is 785. The van der Waals surface area contributed by atoms with Crippen molar-refractivity contribution >= 4 is 22.6 Å². The van der Waals surface area contributed by atoms with Gasteiger partial charge in [0, 0.05) is 12.0 Å². The second-order valence-corrected chi connectivity index (χ2v) is 7.17. The van der Waals surface area contributed by atoms with Crippen molar-refractivity contribution < 1.29 is 4.79 Å². The average molecular weight is 354 g/mol. The molecule has 0 spiro atoms. The van der Waals surface area contributed by atoms with Crippen LogP contribution < -0.4 is 5.73 Å². The first-order chi connectivity index (χ1) is 12.6. The second-order valence-electron chi connectivity index (χ2n) is 7.17. The van der Waals surface area contributed by atoms with Gasteiger partial charge >= 0.3 is 0 Å². The Morgan fingerprint density at radius 3 is 2.77 bits per heavy atom. The number of H-pyrrole nitrogens is 1. The number of aromatic nitrogens is 2. The minimum atomic E-state index is 0.0556. The summed E-state index contributed by atoms with van der Waals surface area (Å²) in [7, 11) is 0. The van der Waals surface area contributed by atoms with Crippen molar-refractivity contribution in [2.75, 3.05) is 25.4 Å². The molecule has 3 heterocycles. The number of carbonyl (C=O) groups is 1. The zero-order valence-electron chi connectivity index (χ0n) is 15.9. The summed E-state index contributed by atoms with van der Waals surface area (Å²) in [6, 6.07) is 3.74. The summed E-state index contributed by atoms with van der Waals surface area (Å²) in [4.78, 5) is 22.9. The molecular formula is C21H30N4O. The van der Waals surface area contributed by atoms with E-state index in [1.54, 1.807) is 6.07 Å². The number of anilines is 1. The number of fused-ring (bicyclic) bond motifs is 1. The highest BCUT2D eigenvalue weighted by molar-refractivity contribution is 5.98. The summed E-state index contributed by atoms with van der Waals surface area (Å²) < 4.78 is 0. The van der Waals surface area contributed by atoms with Crippen molar-refractivity contribution in [2.24, 2.45) is 0 Å². The lowest BCUT2D eigenvalue weighted by Crippen LogP contribution is -2.33. The van der Waals surface area contributed by atoms with E-state index in [1.807, 2.05) is 18.2 Å². The standard InChI is InChI=1S/C21H30N4O/c1-3-5-6-7-18(26)16-8-9-17-20(23-16)19(21(22)24-17)15-10-13-25(12-4-2)14-11-15/h5-6,8-9,15,24H,3-4,7,10-14,22H2,1-2H3. The Morgan fingerprint density at radius 2 is 2.08 bits per heavy atom. The first-order valence-corrected chi connectivity index (χ1v) is 9.82. The SMILES string of the molecule is CCC=CCC(=O)c1ccc2[nH]c(N)c(C3CCN(CCC)CC3)c2n1. The summed E-state index contributed by atoms with van der Waals surface area (Å²) >= 11 is 0. The number of hydrogen-bond donors (Lipinski definition) is 2. The van der Waals surface area contributed by atoms with Gasteiger partial charge in [-0.05, 0) is 63.4 Å². The van der Waals surface area contributed by atoms with E-state index < -0.39 is 0 Å². The van der Waals surface area contributed by atoms with Crippen LogP contribution in [0.3, 0.4) is 0 Å². The maximum atomic E-state index is 12.4. The summed E-state index contributed by atoms with van der Waals surface area (Å²) in [5, 5.41) is 0. The van der Waals surface area contributed by atoms with Crippen LogP contribution in [-0.4, -0.2) is 40.3 Å². The van der Waals surface area contributed by atoms with Crippen molar-refractivity contribution in [3.05, 3.63) is 35.5 Å². The number of pyridine rings is 1. The summed E-state index contributed by atoms with van der Waals surface area (Å²) in [6.07, 6.45) is 8.65. The van der Waals surface area contributed by atoms with Gasteiger partial charge in [0.15, 0.2) is 5.78 Å². The molecule has 5 heteroatoms. The van der Waals surface area contributed by atoms with Crippen molar-refractivity contribution in [1.29, 1.82) is 0 Å². The fourth-order valence-electron chi connectivity index (χ4n) is 3.90. The molecule has 140 valence electrons. The van der Waals surface area contributed by atoms with Crippen molar-refractivity contribution in [3.63, 3.8) is 0 Å². The zero-order valence-corrected chi connectivity index (χ0v) is 15.9. The predicted octanol–water partition coefficient (Wildman–Crippen LogP) is 4.27. The van der Waals surface area contributed by atoms with Crippen LogP contribution in [0, 0.1) is 0 Å². The van der Waals surface area contributed by atoms with Crippen LogP contribution in [-0.2, 0) is 0 Å². The lowest BCUT2D eigenvalue weighted by Gasteiger charge is -2.31. The number of likely N-dealkylation sites (tertiary alicyclic amines) is 1. The number of nitrogens with one attached hydrogen (secondary N) is 1. The van der Waals surface area contributed by atoms with Crippen LogP contribution in [0.2, 0.25) is 0 Å². The number of nitrogens with zero attached hydrogens (tertiary/aromatic N) is 2. The maximum absolute atomic E-state index is 12.4. The van der Waals surface area contributed by atoms with Gasteiger partial charge in [-0.2, -0.15) is 0 Å². The van der Waals surface area contributed by atoms with Crippen molar-refractivity contribution in [1.82, 2.24) is 14.9 Å². The fourth-order valence-corrected chi connectivity index (χ4v) is 3.90. The number of allylic oxidation sites excluding steroid dienone is 2. The average Bonchev–Trinajstić information content (AvgIpc) is 2.98. The number of ketones is 1. The monoisotopic (exact) mass is 354 g/mol. The Morgan fingerprint density at radius 1 is 1.31 bits per heavy atom. The van der Waals surface area contributed by atoms with Gasteiger partial charge in [0.2, 0.25) is 0 Å². The van der Waals surface area contributed by atoms with E-state index in [0.717, 1.165) is 55.5 Å². The molecular weight excluding hydrogens is 324 g/mol. The van der Waals surface area contributed by atoms with E-state index in [0.29, 0.717) is 23.9 Å². The number of carbonyl (C=O) groups excluding carboxylic acids is 1. The lowest BCUT2D eigenvalue weighted by atomic mass is 9.89. The van der Waals surface area contributed by atoms with Crippen molar-refractivity contribution in [2.45, 2.75) is 51.9 Å². The highest BCUT2D eigenvalue weighted by atomic mass is 16.1. The molecule has 0 bridgehead atoms. The Balaban J connectivity index is 1.84. The maximum Gasteiger partial charge on any atom is 0.184 e. The Labute approximate surface area is 155 Å². The Hall–Kier alpha value is -2.14. The molecule has 1 fully saturated rings. The molecule has 2 aromatic heterocycles. The molecule has 2 aromatic rings. The second kappa shape index (κ2) is 8.49. The third kappa shape index (κ3) is 3.98. The van der Waals surface area contributed by atoms with E-state index >= 15 is 0 Å². The van der Waals surface area contributed by atoms with Gasteiger partial charge in [-0.1, -0.05) is 26.0 Å². The van der Waals surface area contributed by atoms with Crippen LogP contribution in [0.4, 0.5) is 5.82 Å². The molecule has 5 nitrogen and oxygen atoms in total. The first kappa shape index (κ1) is 18.6. The van der Waals surface area contributed by atoms with Crippen LogP contribution in [0.25, 0.3) is 11.0 Å². The smallest absolute Gasteiger partial charge is 0.184 e. The van der Waals surface area contributed by atoms with Gasteiger partial charge in [0.1, 0.15) is 11.5 Å². The van der Waals surface area contributed by atoms with Crippen LogP contribution >= 0.6 is 0 Å². The molecule has 0 aromatic carbocycles. The largest absolute Gasteiger partial charge is 0.385 e. The zero-order chi connectivity index (χ0) is 18.5. The minimum absolute atomic E-state index is 0.0556. The molecule has 0 unspecified atom stereocenters. The Kier molecular flexibility index (Phi) is 6.09. The number of rotatable bonds is 7. The van der Waals surface area contributed by atoms with Crippen LogP contribution in [0.5, 0.6) is 0 Å². The summed E-state index contributed by atoms with van der Waals surface area (Å²) in [5.74, 6) is 1.17. The molecule has 1 aliphatic rings. The molecule has 3 rings (SSSR count). The van der Waals surface area contributed by atoms with E-state index in [4.69, 9.17) is 10.7 Å². The molecule has 0 radical (unpaired) electrons. The van der Waals surface area contributed by atoms with E-state index in [2.05, 4.69) is 23.7 Å². The number of aromatic amines is 1. The van der Waals surface area contributed by atoms with E-state index in [1.165, 1.54) is 6.42 Å². The van der Waals surface area contributed by atoms with Gasteiger partial charge in [0.05, 0.1) is 11.0 Å². The van der Waals surface area contributed by atoms with Gasteiger partial charge < -0.3 is 15.6 Å². The van der Waals surface area contributed by atoms with Gasteiger partial charge in [0.25, 0.3) is 0 Å². The number of Topliss-reactive ketones (excluding diaryl/α,β-unsaturated/α-hetero) is 1. The van der Waals surface area contributed by atoms with Gasteiger partial charge in [-0.25, -0.2) is 4.98 Å². The highest BCUT2D eigenvalue weighted by Crippen LogP contribution is 2.36. The third-order valence-electron chi connectivity index (χ3n) is 5.24. The number of hydrogen-bond acceptors (Lipinski definition) is 4. The predicted molar refractivity (Wildman–Crippen MR) is 108 cm³/mol. The topological polar surface area (TPSA) is 75.0 Å². The molecule has 3 N–H and O–H groups in total. The molecule has 1 aliphatic heterocycles. The van der Waals surface area contributed by atoms with E-state index in [-0.39, 0.29) is 5.78 Å². The molecule has 1 saturated heterocycles. The third-order valence-corrected chi connectivity index (χ3v) is 5.24. The quantitative estimate of drug-likeness (QED) is 0.575. The molecule has 0 atom stereocenters. The van der Waals surface area contributed by atoms with Gasteiger partial charge in [-0.15, -0.1) is 0 Å². The normalized spacial score (nSPS) is 16.7. The number of nitrogens with two attached hydrogens (primary N) is 1. The molecule has 0 amide bonds. The summed E-state index contributed by atoms with van der Waals surface area (Å²) in [6.45, 7) is 7.65. The van der Waals surface area contributed by atoms with Crippen molar-refractivity contribution in [3.8, 4) is 0 Å². The number of nitrogen functional groups attached to an aromatic ring is 1. The summed E-state index contributed by atoms with van der Waals surface area (Å²) in [5.41, 5.74) is 9.73. The first-order valence-electron chi connectivity index (χ1n) is 9.82. The minimum Gasteiger partial charge on any atom is -0.385 e. The lowest BCUT2D eigenvalue weighted by molar-refractivity contribution is 0.0991. The van der Waals surface area contributed by atoms with Crippen LogP contribution in [0.15, 0.2) is 24.3 Å². The fraction of sp³-hybridized carbons (Fsp3) is 0.524. The van der Waals surface area contributed by atoms with Gasteiger partial charge in [-0.3, -0.25) is 4.79 Å². The number of piperidine rings is 1. The van der Waals surface area contributed by atoms with E-state index in [9.17, 15) is 4.79 Å². The molecule has 0 aliphatic carbocycles. The molecule has 0 saturated carbocycles. The molecule has 26 heavy (non-hydrogen) atoms. The van der Waals surface area contributed by atoms with Crippen LogP contribution in [0.1, 0.15) is 67.9 Å². The highest BCUT2D eigenvalue weighted by Gasteiger charge is 2.26.